The molecule has 0 aliphatic heterocycles. The van der Waals surface area contributed by atoms with Gasteiger partial charge < -0.3 is 10.4 Å². The molecule has 16 heavy (non-hydrogen) atoms. The maximum Gasteiger partial charge on any atom is 0.270 e. The number of rotatable bonds is 4. The molecule has 0 spiro atoms. The van der Waals surface area contributed by atoms with E-state index in [9.17, 15) is 4.79 Å². The monoisotopic (exact) mass is 242 g/mol. The van der Waals surface area contributed by atoms with Crippen LogP contribution in [0.1, 0.15) is 30.8 Å². The lowest BCUT2D eigenvalue weighted by molar-refractivity contribution is 0.0918. The van der Waals surface area contributed by atoms with Crippen LogP contribution < -0.4 is 5.32 Å². The summed E-state index contributed by atoms with van der Waals surface area (Å²) in [6.07, 6.45) is 0.0642. The van der Waals surface area contributed by atoms with E-state index in [4.69, 9.17) is 16.7 Å². The van der Waals surface area contributed by atoms with Crippen molar-refractivity contribution in [2.45, 2.75) is 32.4 Å². The highest BCUT2D eigenvalue weighted by Gasteiger charge is 2.12. The fraction of sp³-hybridized carbons (Fsp3) is 0.455. The Kier molecular flexibility index (Phi) is 4.71. The molecule has 0 bridgehead atoms. The molecule has 0 fully saturated rings. The number of hydrogen-bond acceptors (Lipinski definition) is 3. The summed E-state index contributed by atoms with van der Waals surface area (Å²) in [5, 5.41) is 12.2. The van der Waals surface area contributed by atoms with E-state index in [0.29, 0.717) is 6.42 Å². The number of halogens is 1. The van der Waals surface area contributed by atoms with Crippen LogP contribution in [0.5, 0.6) is 0 Å². The molecule has 2 unspecified atom stereocenters. The summed E-state index contributed by atoms with van der Waals surface area (Å²) in [4.78, 5) is 15.6. The Morgan fingerprint density at radius 3 is 2.81 bits per heavy atom. The first-order valence-corrected chi connectivity index (χ1v) is 5.48. The summed E-state index contributed by atoms with van der Waals surface area (Å²) in [6, 6.07) is 4.77. The number of carbonyl (C=O) groups is 1. The van der Waals surface area contributed by atoms with Crippen molar-refractivity contribution >= 4 is 17.5 Å². The zero-order valence-corrected chi connectivity index (χ0v) is 10.0. The largest absolute Gasteiger partial charge is 0.393 e. The second kappa shape index (κ2) is 5.82. The summed E-state index contributed by atoms with van der Waals surface area (Å²) in [6.45, 7) is 3.51. The highest BCUT2D eigenvalue weighted by molar-refractivity contribution is 6.29. The zero-order chi connectivity index (χ0) is 12.1. The van der Waals surface area contributed by atoms with Crippen molar-refractivity contribution in [3.8, 4) is 0 Å². The molecule has 1 aromatic heterocycles. The van der Waals surface area contributed by atoms with Gasteiger partial charge in [0.05, 0.1) is 6.10 Å². The molecule has 5 heteroatoms. The molecule has 2 atom stereocenters. The molecule has 0 aliphatic rings. The van der Waals surface area contributed by atoms with Gasteiger partial charge in [0.25, 0.3) is 5.91 Å². The average Bonchev–Trinajstić information content (AvgIpc) is 2.16. The van der Waals surface area contributed by atoms with Crippen LogP contribution in [0, 0.1) is 0 Å². The van der Waals surface area contributed by atoms with E-state index in [0.717, 1.165) is 0 Å². The fourth-order valence-corrected chi connectivity index (χ4v) is 1.57. The van der Waals surface area contributed by atoms with Crippen LogP contribution in [-0.2, 0) is 0 Å². The average molecular weight is 243 g/mol. The number of aliphatic hydroxyl groups excluding tert-OH is 1. The maximum atomic E-state index is 11.7. The van der Waals surface area contributed by atoms with Gasteiger partial charge in [0.1, 0.15) is 10.8 Å². The number of nitrogens with one attached hydrogen (secondary N) is 1. The molecule has 1 heterocycles. The number of nitrogens with zero attached hydrogens (tertiary/aromatic N) is 1. The summed E-state index contributed by atoms with van der Waals surface area (Å²) in [7, 11) is 0. The first kappa shape index (κ1) is 12.9. The van der Waals surface area contributed by atoms with Crippen LogP contribution in [0.25, 0.3) is 0 Å². The lowest BCUT2D eigenvalue weighted by atomic mass is 10.1. The summed E-state index contributed by atoms with van der Waals surface area (Å²) in [5.41, 5.74) is 0.282. The van der Waals surface area contributed by atoms with E-state index in [2.05, 4.69) is 10.3 Å². The van der Waals surface area contributed by atoms with Gasteiger partial charge in [-0.2, -0.15) is 0 Å². The van der Waals surface area contributed by atoms with Gasteiger partial charge >= 0.3 is 0 Å². The van der Waals surface area contributed by atoms with E-state index in [-0.39, 0.29) is 22.8 Å². The quantitative estimate of drug-likeness (QED) is 0.789. The van der Waals surface area contributed by atoms with Crippen molar-refractivity contribution < 1.29 is 9.90 Å². The van der Waals surface area contributed by atoms with Gasteiger partial charge in [0.15, 0.2) is 0 Å². The molecule has 1 aromatic rings. The molecule has 2 N–H and O–H groups in total. The lowest BCUT2D eigenvalue weighted by Crippen LogP contribution is -2.35. The van der Waals surface area contributed by atoms with Crippen LogP contribution in [0.3, 0.4) is 0 Å². The third kappa shape index (κ3) is 4.16. The van der Waals surface area contributed by atoms with Crippen molar-refractivity contribution in [2.24, 2.45) is 0 Å². The van der Waals surface area contributed by atoms with Gasteiger partial charge in [-0.25, -0.2) is 4.98 Å². The van der Waals surface area contributed by atoms with Crippen LogP contribution in [0.15, 0.2) is 18.2 Å². The van der Waals surface area contributed by atoms with Gasteiger partial charge in [0.2, 0.25) is 0 Å². The molecule has 88 valence electrons. The molecule has 1 amide bonds. The Balaban J connectivity index is 2.59. The van der Waals surface area contributed by atoms with E-state index in [1.165, 1.54) is 0 Å². The third-order valence-corrected chi connectivity index (χ3v) is 2.23. The fourth-order valence-electron chi connectivity index (χ4n) is 1.40. The predicted octanol–water partition coefficient (Wildman–Crippen LogP) is 1.62. The Morgan fingerprint density at radius 2 is 2.25 bits per heavy atom. The van der Waals surface area contributed by atoms with Gasteiger partial charge in [-0.3, -0.25) is 4.79 Å². The second-order valence-electron chi connectivity index (χ2n) is 3.80. The van der Waals surface area contributed by atoms with Gasteiger partial charge in [-0.15, -0.1) is 0 Å². The minimum absolute atomic E-state index is 0.103. The number of amides is 1. The van der Waals surface area contributed by atoms with Crippen LogP contribution >= 0.6 is 11.6 Å². The zero-order valence-electron chi connectivity index (χ0n) is 9.27. The van der Waals surface area contributed by atoms with Crippen molar-refractivity contribution in [1.82, 2.24) is 10.3 Å². The highest BCUT2D eigenvalue weighted by Crippen LogP contribution is 2.05. The SMILES string of the molecule is CC(O)CC(C)NC(=O)c1cccc(Cl)n1. The second-order valence-corrected chi connectivity index (χ2v) is 4.19. The van der Waals surface area contributed by atoms with E-state index in [1.54, 1.807) is 25.1 Å². The van der Waals surface area contributed by atoms with E-state index >= 15 is 0 Å². The molecular weight excluding hydrogens is 228 g/mol. The molecular formula is C11H15ClN2O2. The number of pyridine rings is 1. The number of hydrogen-bond donors (Lipinski definition) is 2. The predicted molar refractivity (Wildman–Crippen MR) is 62.5 cm³/mol. The normalized spacial score (nSPS) is 14.2. The van der Waals surface area contributed by atoms with Crippen LogP contribution in [0.2, 0.25) is 5.15 Å². The molecule has 0 saturated carbocycles. The Hall–Kier alpha value is -1.13. The standard InChI is InChI=1S/C11H15ClN2O2/c1-7(6-8(2)15)13-11(16)9-4-3-5-10(12)14-9/h3-5,7-8,15H,6H2,1-2H3,(H,13,16). The Bertz CT molecular complexity index is 369. The van der Waals surface area contributed by atoms with Gasteiger partial charge in [-0.1, -0.05) is 17.7 Å². The lowest BCUT2D eigenvalue weighted by Gasteiger charge is -2.14. The molecule has 0 aromatic carbocycles. The minimum Gasteiger partial charge on any atom is -0.393 e. The number of aliphatic hydroxyl groups is 1. The van der Waals surface area contributed by atoms with Crippen LogP contribution in [0.4, 0.5) is 0 Å². The van der Waals surface area contributed by atoms with Crippen molar-refractivity contribution in [2.75, 3.05) is 0 Å². The molecule has 4 nitrogen and oxygen atoms in total. The number of carbonyl (C=O) groups excluding carboxylic acids is 1. The smallest absolute Gasteiger partial charge is 0.270 e. The first-order chi connectivity index (χ1) is 7.49. The van der Waals surface area contributed by atoms with E-state index < -0.39 is 6.10 Å². The maximum absolute atomic E-state index is 11.7. The third-order valence-electron chi connectivity index (χ3n) is 2.02. The Labute approximate surface area is 99.6 Å². The molecule has 0 radical (unpaired) electrons. The van der Waals surface area contributed by atoms with Gasteiger partial charge in [0, 0.05) is 6.04 Å². The summed E-state index contributed by atoms with van der Waals surface area (Å²) in [5.74, 6) is -0.282. The summed E-state index contributed by atoms with van der Waals surface area (Å²) >= 11 is 5.68. The first-order valence-electron chi connectivity index (χ1n) is 5.10. The topological polar surface area (TPSA) is 62.2 Å². The minimum atomic E-state index is -0.442. The molecule has 0 aliphatic carbocycles. The van der Waals surface area contributed by atoms with Crippen molar-refractivity contribution in [3.05, 3.63) is 29.0 Å². The van der Waals surface area contributed by atoms with Crippen LogP contribution in [-0.4, -0.2) is 28.1 Å². The van der Waals surface area contributed by atoms with E-state index in [1.807, 2.05) is 6.92 Å². The van der Waals surface area contributed by atoms with Crippen molar-refractivity contribution in [1.29, 1.82) is 0 Å². The Morgan fingerprint density at radius 1 is 1.56 bits per heavy atom. The molecule has 1 rings (SSSR count). The van der Waals surface area contributed by atoms with Crippen molar-refractivity contribution in [3.63, 3.8) is 0 Å². The van der Waals surface area contributed by atoms with Gasteiger partial charge in [-0.05, 0) is 32.4 Å². The molecule has 0 saturated heterocycles. The number of aromatic nitrogens is 1. The summed E-state index contributed by atoms with van der Waals surface area (Å²) < 4.78 is 0. The highest BCUT2D eigenvalue weighted by atomic mass is 35.5.